The van der Waals surface area contributed by atoms with E-state index in [0.717, 1.165) is 17.1 Å². The molecule has 0 aliphatic rings. The molecular weight excluding hydrogens is 212 g/mol. The van der Waals surface area contributed by atoms with Crippen LogP contribution in [-0.4, -0.2) is 0 Å². The standard InChI is InChI=1S/C15H12O2/c1-3-16-13-7-9-14(10-8-13)17-15-6-4-5-12(2)11-15/h1,4-11H,2H3. The van der Waals surface area contributed by atoms with E-state index in [9.17, 15) is 0 Å². The van der Waals surface area contributed by atoms with Gasteiger partial charge in [0.2, 0.25) is 0 Å². The Kier molecular flexibility index (Phi) is 3.32. The van der Waals surface area contributed by atoms with Crippen LogP contribution in [0.4, 0.5) is 0 Å². The number of ether oxygens (including phenoxy) is 2. The average Bonchev–Trinajstić information content (AvgIpc) is 2.32. The fourth-order valence-corrected chi connectivity index (χ4v) is 1.46. The van der Waals surface area contributed by atoms with Gasteiger partial charge in [-0.25, -0.2) is 0 Å². The molecule has 2 rings (SSSR count). The first-order chi connectivity index (χ1) is 8.28. The molecule has 0 heterocycles. The average molecular weight is 224 g/mol. The molecule has 0 unspecified atom stereocenters. The summed E-state index contributed by atoms with van der Waals surface area (Å²) in [5, 5.41) is 0. The van der Waals surface area contributed by atoms with Crippen molar-refractivity contribution in [1.29, 1.82) is 0 Å². The predicted octanol–water partition coefficient (Wildman–Crippen LogP) is 3.76. The van der Waals surface area contributed by atoms with Gasteiger partial charge in [0.25, 0.3) is 0 Å². The molecule has 0 saturated heterocycles. The van der Waals surface area contributed by atoms with E-state index in [1.165, 1.54) is 0 Å². The maximum atomic E-state index is 5.69. The maximum Gasteiger partial charge on any atom is 0.140 e. The number of terminal acetylenes is 1. The van der Waals surface area contributed by atoms with Gasteiger partial charge in [0.15, 0.2) is 0 Å². The first-order valence-electron chi connectivity index (χ1n) is 5.25. The third-order valence-electron chi connectivity index (χ3n) is 2.23. The third-order valence-corrected chi connectivity index (χ3v) is 2.23. The molecule has 0 atom stereocenters. The summed E-state index contributed by atoms with van der Waals surface area (Å²) in [6, 6.07) is 15.0. The van der Waals surface area contributed by atoms with Crippen molar-refractivity contribution >= 4 is 0 Å². The Hall–Kier alpha value is -2.40. The van der Waals surface area contributed by atoms with Crippen LogP contribution < -0.4 is 9.47 Å². The Bertz CT molecular complexity index is 536. The van der Waals surface area contributed by atoms with E-state index in [2.05, 4.69) is 6.11 Å². The summed E-state index contributed by atoms with van der Waals surface area (Å²) >= 11 is 0. The van der Waals surface area contributed by atoms with E-state index in [4.69, 9.17) is 15.9 Å². The Labute approximate surface area is 101 Å². The van der Waals surface area contributed by atoms with Crippen LogP contribution in [0.15, 0.2) is 48.5 Å². The molecule has 17 heavy (non-hydrogen) atoms. The van der Waals surface area contributed by atoms with Crippen molar-refractivity contribution in [1.82, 2.24) is 0 Å². The van der Waals surface area contributed by atoms with E-state index in [-0.39, 0.29) is 0 Å². The normalized spacial score (nSPS) is 9.41. The molecule has 2 aromatic carbocycles. The largest absolute Gasteiger partial charge is 0.457 e. The highest BCUT2D eigenvalue weighted by Crippen LogP contribution is 2.24. The Balaban J connectivity index is 2.11. The van der Waals surface area contributed by atoms with Crippen molar-refractivity contribution < 1.29 is 9.47 Å². The lowest BCUT2D eigenvalue weighted by molar-refractivity contribution is 0.478. The second-order valence-corrected chi connectivity index (χ2v) is 3.61. The van der Waals surface area contributed by atoms with Crippen LogP contribution in [0.3, 0.4) is 0 Å². The first kappa shape index (κ1) is 11.1. The van der Waals surface area contributed by atoms with Crippen LogP contribution in [-0.2, 0) is 0 Å². The summed E-state index contributed by atoms with van der Waals surface area (Å²) in [7, 11) is 0. The van der Waals surface area contributed by atoms with Gasteiger partial charge < -0.3 is 9.47 Å². The lowest BCUT2D eigenvalue weighted by atomic mass is 10.2. The second kappa shape index (κ2) is 5.09. The number of rotatable bonds is 3. The number of hydrogen-bond acceptors (Lipinski definition) is 2. The van der Waals surface area contributed by atoms with Crippen molar-refractivity contribution in [2.45, 2.75) is 6.92 Å². The van der Waals surface area contributed by atoms with Crippen molar-refractivity contribution in [3.8, 4) is 29.8 Å². The third kappa shape index (κ3) is 3.02. The highest BCUT2D eigenvalue weighted by molar-refractivity contribution is 5.36. The molecule has 0 saturated carbocycles. The molecule has 2 aromatic rings. The molecule has 0 N–H and O–H groups in total. The van der Waals surface area contributed by atoms with Crippen LogP contribution in [0.25, 0.3) is 0 Å². The summed E-state index contributed by atoms with van der Waals surface area (Å²) in [6.07, 6.45) is 7.16. The summed E-state index contributed by atoms with van der Waals surface area (Å²) in [6.45, 7) is 2.02. The van der Waals surface area contributed by atoms with Gasteiger partial charge in [-0.05, 0) is 48.9 Å². The quantitative estimate of drug-likeness (QED) is 0.739. The summed E-state index contributed by atoms with van der Waals surface area (Å²) < 4.78 is 10.6. The predicted molar refractivity (Wildman–Crippen MR) is 67.2 cm³/mol. The molecule has 0 amide bonds. The first-order valence-corrected chi connectivity index (χ1v) is 5.25. The van der Waals surface area contributed by atoms with Crippen LogP contribution >= 0.6 is 0 Å². The molecule has 2 heteroatoms. The lowest BCUT2D eigenvalue weighted by Crippen LogP contribution is -1.85. The van der Waals surface area contributed by atoms with Crippen molar-refractivity contribution in [2.75, 3.05) is 0 Å². The zero-order valence-electron chi connectivity index (χ0n) is 9.51. The molecule has 0 fully saturated rings. The van der Waals surface area contributed by atoms with Gasteiger partial charge in [-0.15, -0.1) is 0 Å². The fourth-order valence-electron chi connectivity index (χ4n) is 1.46. The summed E-state index contributed by atoms with van der Waals surface area (Å²) in [5.41, 5.74) is 1.16. The minimum atomic E-state index is 0.629. The molecule has 2 nitrogen and oxygen atoms in total. The van der Waals surface area contributed by atoms with Gasteiger partial charge in [0.05, 0.1) is 0 Å². The number of hydrogen-bond donors (Lipinski definition) is 0. The minimum absolute atomic E-state index is 0.629. The highest BCUT2D eigenvalue weighted by Gasteiger charge is 1.98. The molecule has 0 aromatic heterocycles. The smallest absolute Gasteiger partial charge is 0.140 e. The minimum Gasteiger partial charge on any atom is -0.457 e. The molecule has 84 valence electrons. The Morgan fingerprint density at radius 3 is 2.29 bits per heavy atom. The molecule has 0 aliphatic carbocycles. The zero-order valence-corrected chi connectivity index (χ0v) is 9.51. The van der Waals surface area contributed by atoms with E-state index in [1.807, 2.05) is 43.3 Å². The second-order valence-electron chi connectivity index (χ2n) is 3.61. The zero-order chi connectivity index (χ0) is 12.1. The summed E-state index contributed by atoms with van der Waals surface area (Å²) in [5.74, 6) is 2.19. The van der Waals surface area contributed by atoms with Crippen LogP contribution in [0.5, 0.6) is 17.2 Å². The van der Waals surface area contributed by atoms with Crippen molar-refractivity contribution in [3.63, 3.8) is 0 Å². The van der Waals surface area contributed by atoms with Gasteiger partial charge in [-0.1, -0.05) is 18.6 Å². The van der Waals surface area contributed by atoms with Crippen LogP contribution in [0.1, 0.15) is 5.56 Å². The van der Waals surface area contributed by atoms with Gasteiger partial charge in [-0.3, -0.25) is 0 Å². The Morgan fingerprint density at radius 2 is 1.65 bits per heavy atom. The molecular formula is C15H12O2. The van der Waals surface area contributed by atoms with E-state index < -0.39 is 0 Å². The lowest BCUT2D eigenvalue weighted by Gasteiger charge is -2.06. The topological polar surface area (TPSA) is 18.5 Å². The highest BCUT2D eigenvalue weighted by atomic mass is 16.5. The molecule has 0 spiro atoms. The monoisotopic (exact) mass is 224 g/mol. The van der Waals surface area contributed by atoms with Gasteiger partial charge in [0.1, 0.15) is 23.4 Å². The van der Waals surface area contributed by atoms with Gasteiger partial charge in [-0.2, -0.15) is 0 Å². The van der Waals surface area contributed by atoms with Gasteiger partial charge >= 0.3 is 0 Å². The molecule has 0 radical (unpaired) electrons. The molecule has 0 bridgehead atoms. The molecule has 0 aliphatic heterocycles. The maximum absolute atomic E-state index is 5.69. The number of benzene rings is 2. The van der Waals surface area contributed by atoms with Crippen molar-refractivity contribution in [3.05, 3.63) is 54.1 Å². The Morgan fingerprint density at radius 1 is 0.941 bits per heavy atom. The van der Waals surface area contributed by atoms with E-state index in [1.54, 1.807) is 12.1 Å². The van der Waals surface area contributed by atoms with E-state index in [0.29, 0.717) is 5.75 Å². The van der Waals surface area contributed by atoms with E-state index >= 15 is 0 Å². The fraction of sp³-hybridized carbons (Fsp3) is 0.0667. The van der Waals surface area contributed by atoms with Gasteiger partial charge in [0, 0.05) is 0 Å². The number of aryl methyl sites for hydroxylation is 1. The van der Waals surface area contributed by atoms with Crippen LogP contribution in [0, 0.1) is 19.5 Å². The summed E-state index contributed by atoms with van der Waals surface area (Å²) in [4.78, 5) is 0. The van der Waals surface area contributed by atoms with Crippen molar-refractivity contribution in [2.24, 2.45) is 0 Å². The SMILES string of the molecule is C#COc1ccc(Oc2cccc(C)c2)cc1. The van der Waals surface area contributed by atoms with Crippen LogP contribution in [0.2, 0.25) is 0 Å².